The number of carboxylic acid groups (broad SMARTS) is 1. The van der Waals surface area contributed by atoms with Crippen LogP contribution in [-0.2, 0) is 11.2 Å². The molecule has 1 aromatic carbocycles. The highest BCUT2D eigenvalue weighted by Gasteiger charge is 2.40. The summed E-state index contributed by atoms with van der Waals surface area (Å²) in [6.07, 6.45) is 2.60. The minimum Gasteiger partial charge on any atom is -0.481 e. The van der Waals surface area contributed by atoms with Crippen molar-refractivity contribution in [2.24, 2.45) is 11.8 Å². The number of nitrogens with zero attached hydrogens (tertiary/aromatic N) is 2. The molecule has 2 N–H and O–H groups in total. The number of nitrogens with one attached hydrogen (secondary N) is 1. The number of rotatable bonds is 5. The summed E-state index contributed by atoms with van der Waals surface area (Å²) < 4.78 is 27.0. The lowest BCUT2D eigenvalue weighted by atomic mass is 9.79. The van der Waals surface area contributed by atoms with Crippen molar-refractivity contribution in [3.63, 3.8) is 0 Å². The third kappa shape index (κ3) is 4.35. The molecule has 7 heteroatoms. The molecule has 2 aliphatic rings. The molecule has 2 fully saturated rings. The van der Waals surface area contributed by atoms with Crippen LogP contribution in [-0.4, -0.2) is 51.0 Å². The Morgan fingerprint density at radius 3 is 2.68 bits per heavy atom. The van der Waals surface area contributed by atoms with Gasteiger partial charge in [0.15, 0.2) is 0 Å². The zero-order valence-corrected chi connectivity index (χ0v) is 15.9. The fraction of sp³-hybridized carbons (Fsp3) is 0.619. The van der Waals surface area contributed by atoms with E-state index in [2.05, 4.69) is 14.9 Å². The van der Waals surface area contributed by atoms with Crippen molar-refractivity contribution in [1.29, 1.82) is 0 Å². The lowest BCUT2D eigenvalue weighted by Crippen LogP contribution is -2.49. The fourth-order valence-electron chi connectivity index (χ4n) is 4.91. The van der Waals surface area contributed by atoms with Gasteiger partial charge in [-0.2, -0.15) is 0 Å². The highest BCUT2D eigenvalue weighted by atomic mass is 19.3. The summed E-state index contributed by atoms with van der Waals surface area (Å²) >= 11 is 0. The summed E-state index contributed by atoms with van der Waals surface area (Å²) in [5.41, 5.74) is 1.89. The number of hydrogen-bond acceptors (Lipinski definition) is 3. The first kappa shape index (κ1) is 19.3. The number of H-pyrrole nitrogens is 1. The van der Waals surface area contributed by atoms with E-state index in [1.807, 2.05) is 24.3 Å². The van der Waals surface area contributed by atoms with Crippen molar-refractivity contribution >= 4 is 17.0 Å². The highest BCUT2D eigenvalue weighted by Crippen LogP contribution is 2.38. The number of alkyl halides is 2. The number of likely N-dealkylation sites (tertiary alicyclic amines) is 1. The van der Waals surface area contributed by atoms with E-state index < -0.39 is 11.9 Å². The number of carbonyl (C=O) groups is 1. The Bertz CT molecular complexity index is 795. The van der Waals surface area contributed by atoms with Gasteiger partial charge in [-0.3, -0.25) is 4.79 Å². The van der Waals surface area contributed by atoms with Gasteiger partial charge in [0.25, 0.3) is 0 Å². The zero-order chi connectivity index (χ0) is 19.7. The number of benzene rings is 1. The SMILES string of the molecule is O=C(O)CC1CCN(C2CCC(F)(F)CC2)CC1Cc1nc2ccccc2[nH]1. The van der Waals surface area contributed by atoms with Gasteiger partial charge < -0.3 is 15.0 Å². The zero-order valence-electron chi connectivity index (χ0n) is 15.9. The van der Waals surface area contributed by atoms with E-state index in [1.54, 1.807) is 0 Å². The van der Waals surface area contributed by atoms with Gasteiger partial charge >= 0.3 is 5.97 Å². The molecule has 1 aliphatic carbocycles. The molecule has 2 unspecified atom stereocenters. The third-order valence-corrected chi connectivity index (χ3v) is 6.46. The maximum absolute atomic E-state index is 13.5. The van der Waals surface area contributed by atoms with E-state index in [4.69, 9.17) is 0 Å². The highest BCUT2D eigenvalue weighted by molar-refractivity contribution is 5.74. The molecule has 2 aromatic rings. The second-order valence-electron chi connectivity index (χ2n) is 8.39. The van der Waals surface area contributed by atoms with E-state index in [0.29, 0.717) is 19.3 Å². The van der Waals surface area contributed by atoms with Crippen LogP contribution in [0.1, 0.15) is 44.3 Å². The van der Waals surface area contributed by atoms with Gasteiger partial charge in [0.1, 0.15) is 5.82 Å². The molecule has 1 aliphatic heterocycles. The largest absolute Gasteiger partial charge is 0.481 e. The van der Waals surface area contributed by atoms with Crippen LogP contribution >= 0.6 is 0 Å². The minimum absolute atomic E-state index is 0.0407. The molecule has 5 nitrogen and oxygen atoms in total. The molecule has 152 valence electrons. The van der Waals surface area contributed by atoms with E-state index in [9.17, 15) is 18.7 Å². The molecule has 0 spiro atoms. The van der Waals surface area contributed by atoms with E-state index in [0.717, 1.165) is 36.4 Å². The first-order valence-electron chi connectivity index (χ1n) is 10.2. The molecule has 0 bridgehead atoms. The van der Waals surface area contributed by atoms with E-state index >= 15 is 0 Å². The number of piperidine rings is 1. The van der Waals surface area contributed by atoms with Gasteiger partial charge in [-0.05, 0) is 49.8 Å². The molecular formula is C21H27F2N3O2. The van der Waals surface area contributed by atoms with Crippen molar-refractivity contribution in [1.82, 2.24) is 14.9 Å². The van der Waals surface area contributed by atoms with Gasteiger partial charge in [0.05, 0.1) is 11.0 Å². The van der Waals surface area contributed by atoms with Gasteiger partial charge in [0, 0.05) is 38.3 Å². The smallest absolute Gasteiger partial charge is 0.303 e. The van der Waals surface area contributed by atoms with Gasteiger partial charge in [-0.25, -0.2) is 13.8 Å². The number of aromatic amines is 1. The molecule has 0 radical (unpaired) electrons. The Morgan fingerprint density at radius 2 is 1.96 bits per heavy atom. The van der Waals surface area contributed by atoms with Crippen LogP contribution in [0.4, 0.5) is 8.78 Å². The van der Waals surface area contributed by atoms with Gasteiger partial charge in [-0.1, -0.05) is 12.1 Å². The summed E-state index contributed by atoms with van der Waals surface area (Å²) in [7, 11) is 0. The Balaban J connectivity index is 1.47. The lowest BCUT2D eigenvalue weighted by Gasteiger charge is -2.44. The number of hydrogen-bond donors (Lipinski definition) is 2. The van der Waals surface area contributed by atoms with Crippen molar-refractivity contribution in [3.05, 3.63) is 30.1 Å². The van der Waals surface area contributed by atoms with Crippen molar-refractivity contribution < 1.29 is 18.7 Å². The van der Waals surface area contributed by atoms with Crippen LogP contribution in [0.2, 0.25) is 0 Å². The molecule has 4 rings (SSSR count). The number of imidazole rings is 1. The minimum atomic E-state index is -2.52. The van der Waals surface area contributed by atoms with Gasteiger partial charge in [0.2, 0.25) is 5.92 Å². The van der Waals surface area contributed by atoms with E-state index in [-0.39, 0.29) is 37.1 Å². The van der Waals surface area contributed by atoms with E-state index in [1.165, 1.54) is 0 Å². The normalized spacial score (nSPS) is 26.5. The molecule has 0 amide bonds. The average Bonchev–Trinajstić information content (AvgIpc) is 3.05. The monoisotopic (exact) mass is 391 g/mol. The van der Waals surface area contributed by atoms with Gasteiger partial charge in [-0.15, -0.1) is 0 Å². The molecule has 2 heterocycles. The standard InChI is InChI=1S/C21H27F2N3O2/c22-21(23)8-5-16(6-9-21)26-10-7-14(12-20(27)28)15(13-26)11-19-24-17-3-1-2-4-18(17)25-19/h1-4,14-16H,5-13H2,(H,24,25)(H,27,28). The summed E-state index contributed by atoms with van der Waals surface area (Å²) in [6, 6.07) is 8.03. The number of halogens is 2. The number of para-hydroxylation sites is 2. The van der Waals surface area contributed by atoms with Crippen LogP contribution in [0.15, 0.2) is 24.3 Å². The summed E-state index contributed by atoms with van der Waals surface area (Å²) in [4.78, 5) is 21.7. The van der Waals surface area contributed by atoms with Crippen LogP contribution in [0, 0.1) is 11.8 Å². The summed E-state index contributed by atoms with van der Waals surface area (Å²) in [5, 5.41) is 9.32. The predicted octanol–water partition coefficient (Wildman–Crippen LogP) is 4.10. The number of aromatic nitrogens is 2. The molecular weight excluding hydrogens is 364 g/mol. The predicted molar refractivity (Wildman–Crippen MR) is 102 cm³/mol. The van der Waals surface area contributed by atoms with Crippen LogP contribution < -0.4 is 0 Å². The Kier molecular flexibility index (Phi) is 5.36. The number of aliphatic carboxylic acids is 1. The van der Waals surface area contributed by atoms with Crippen LogP contribution in [0.25, 0.3) is 11.0 Å². The molecule has 1 saturated heterocycles. The Hall–Kier alpha value is -2.02. The second kappa shape index (κ2) is 7.78. The first-order valence-corrected chi connectivity index (χ1v) is 10.2. The Labute approximate surface area is 163 Å². The molecule has 1 saturated carbocycles. The maximum atomic E-state index is 13.5. The molecule has 1 aromatic heterocycles. The fourth-order valence-corrected chi connectivity index (χ4v) is 4.91. The molecule has 28 heavy (non-hydrogen) atoms. The summed E-state index contributed by atoms with van der Waals surface area (Å²) in [5.74, 6) is -2.17. The van der Waals surface area contributed by atoms with Crippen LogP contribution in [0.5, 0.6) is 0 Å². The van der Waals surface area contributed by atoms with Crippen LogP contribution in [0.3, 0.4) is 0 Å². The maximum Gasteiger partial charge on any atom is 0.303 e. The van der Waals surface area contributed by atoms with Crippen molar-refractivity contribution in [2.75, 3.05) is 13.1 Å². The third-order valence-electron chi connectivity index (χ3n) is 6.46. The number of fused-ring (bicyclic) bond motifs is 1. The first-order chi connectivity index (χ1) is 13.4. The summed E-state index contributed by atoms with van der Waals surface area (Å²) in [6.45, 7) is 1.55. The second-order valence-corrected chi connectivity index (χ2v) is 8.39. The average molecular weight is 391 g/mol. The lowest BCUT2D eigenvalue weighted by molar-refractivity contribution is -0.139. The van der Waals surface area contributed by atoms with Crippen molar-refractivity contribution in [2.45, 2.75) is 56.9 Å². The Morgan fingerprint density at radius 1 is 1.21 bits per heavy atom. The number of carboxylic acids is 1. The van der Waals surface area contributed by atoms with Crippen molar-refractivity contribution in [3.8, 4) is 0 Å². The quantitative estimate of drug-likeness (QED) is 0.805. The molecule has 2 atom stereocenters. The topological polar surface area (TPSA) is 69.2 Å².